The Morgan fingerprint density at radius 3 is 2.72 bits per heavy atom. The zero-order valence-corrected chi connectivity index (χ0v) is 11.1. The molecule has 1 aromatic rings. The molecule has 0 aromatic carbocycles. The van der Waals surface area contributed by atoms with E-state index in [1.165, 1.54) is 0 Å². The summed E-state index contributed by atoms with van der Waals surface area (Å²) < 4.78 is 1.60. The average molecular weight is 252 g/mol. The van der Waals surface area contributed by atoms with E-state index in [1.54, 1.807) is 11.7 Å². The van der Waals surface area contributed by atoms with Gasteiger partial charge in [0.2, 0.25) is 5.82 Å². The van der Waals surface area contributed by atoms with Crippen molar-refractivity contribution in [3.05, 3.63) is 15.8 Å². The van der Waals surface area contributed by atoms with E-state index in [-0.39, 0.29) is 10.6 Å². The number of nitrogens with zero attached hydrogens (tertiary/aromatic N) is 3. The lowest BCUT2D eigenvalue weighted by molar-refractivity contribution is -0.384. The minimum Gasteiger partial charge on any atom is -0.362 e. The normalized spacial score (nSPS) is 22.6. The summed E-state index contributed by atoms with van der Waals surface area (Å²) in [6.45, 7) is 4.19. The number of hydrogen-bond donors (Lipinski definition) is 1. The summed E-state index contributed by atoms with van der Waals surface area (Å²) in [5, 5.41) is 18.7. The van der Waals surface area contributed by atoms with E-state index in [4.69, 9.17) is 0 Å². The van der Waals surface area contributed by atoms with Crippen molar-refractivity contribution in [2.75, 3.05) is 5.32 Å². The number of rotatable bonds is 5. The molecule has 0 spiro atoms. The van der Waals surface area contributed by atoms with Crippen LogP contribution in [0, 0.1) is 16.0 Å². The van der Waals surface area contributed by atoms with Crippen molar-refractivity contribution in [2.45, 2.75) is 45.6 Å². The maximum atomic E-state index is 11.2. The fourth-order valence-electron chi connectivity index (χ4n) is 2.54. The standard InChI is InChI=1S/C12H20N4O2/c1-4-5-10-11(16(17)18)12(15(3)14-10)13-9-6-8(2)7-9/h8-9,13H,4-7H2,1-3H3. The fourth-order valence-corrected chi connectivity index (χ4v) is 2.54. The van der Waals surface area contributed by atoms with Crippen LogP contribution in [0.15, 0.2) is 0 Å². The minimum atomic E-state index is -0.317. The largest absolute Gasteiger partial charge is 0.362 e. The highest BCUT2D eigenvalue weighted by molar-refractivity contribution is 5.60. The maximum Gasteiger partial charge on any atom is 0.333 e. The SMILES string of the molecule is CCCc1nn(C)c(NC2CC(C)C2)c1[N+](=O)[O-]. The monoisotopic (exact) mass is 252 g/mol. The smallest absolute Gasteiger partial charge is 0.333 e. The van der Waals surface area contributed by atoms with Gasteiger partial charge >= 0.3 is 5.69 Å². The summed E-state index contributed by atoms with van der Waals surface area (Å²) in [4.78, 5) is 10.9. The van der Waals surface area contributed by atoms with Gasteiger partial charge in [-0.15, -0.1) is 0 Å². The van der Waals surface area contributed by atoms with Crippen molar-refractivity contribution in [1.82, 2.24) is 9.78 Å². The number of nitro groups is 1. The number of aromatic nitrogens is 2. The van der Waals surface area contributed by atoms with E-state index in [9.17, 15) is 10.1 Å². The summed E-state index contributed by atoms with van der Waals surface area (Å²) in [5.74, 6) is 1.27. The first-order valence-corrected chi connectivity index (χ1v) is 6.49. The number of hydrogen-bond acceptors (Lipinski definition) is 4. The van der Waals surface area contributed by atoms with Crippen LogP contribution in [0.3, 0.4) is 0 Å². The first-order chi connectivity index (χ1) is 8.52. The summed E-state index contributed by atoms with van der Waals surface area (Å²) >= 11 is 0. The van der Waals surface area contributed by atoms with E-state index in [0.717, 1.165) is 19.3 Å². The molecule has 100 valence electrons. The highest BCUT2D eigenvalue weighted by Gasteiger charge is 2.31. The molecule has 2 rings (SSSR count). The third kappa shape index (κ3) is 2.32. The van der Waals surface area contributed by atoms with Crippen molar-refractivity contribution >= 4 is 11.5 Å². The van der Waals surface area contributed by atoms with Crippen molar-refractivity contribution in [3.63, 3.8) is 0 Å². The van der Waals surface area contributed by atoms with Crippen LogP contribution in [0.2, 0.25) is 0 Å². The number of anilines is 1. The molecule has 1 heterocycles. The average Bonchev–Trinajstić information content (AvgIpc) is 2.54. The molecular weight excluding hydrogens is 232 g/mol. The first-order valence-electron chi connectivity index (χ1n) is 6.49. The Labute approximate surface area is 107 Å². The summed E-state index contributed by atoms with van der Waals surface area (Å²) in [7, 11) is 1.76. The van der Waals surface area contributed by atoms with Gasteiger partial charge in [0.05, 0.1) is 4.92 Å². The van der Waals surface area contributed by atoms with Gasteiger partial charge in [0.15, 0.2) is 0 Å². The molecular formula is C12H20N4O2. The topological polar surface area (TPSA) is 73.0 Å². The highest BCUT2D eigenvalue weighted by atomic mass is 16.6. The Hall–Kier alpha value is -1.59. The van der Waals surface area contributed by atoms with Crippen LogP contribution in [0.4, 0.5) is 11.5 Å². The van der Waals surface area contributed by atoms with Crippen molar-refractivity contribution in [3.8, 4) is 0 Å². The zero-order valence-electron chi connectivity index (χ0n) is 11.1. The molecule has 0 saturated heterocycles. The first kappa shape index (κ1) is 12.9. The Bertz CT molecular complexity index is 449. The lowest BCUT2D eigenvalue weighted by atomic mass is 9.82. The lowest BCUT2D eigenvalue weighted by Crippen LogP contribution is -2.34. The Kier molecular flexibility index (Phi) is 3.54. The molecule has 1 aliphatic rings. The van der Waals surface area contributed by atoms with Crippen LogP contribution in [0.5, 0.6) is 0 Å². The molecule has 6 heteroatoms. The Morgan fingerprint density at radius 1 is 1.56 bits per heavy atom. The molecule has 0 radical (unpaired) electrons. The highest BCUT2D eigenvalue weighted by Crippen LogP contribution is 2.34. The molecule has 0 aliphatic heterocycles. The summed E-state index contributed by atoms with van der Waals surface area (Å²) in [6.07, 6.45) is 3.65. The Balaban J connectivity index is 2.24. The van der Waals surface area contributed by atoms with Gasteiger partial charge in [-0.1, -0.05) is 20.3 Å². The van der Waals surface area contributed by atoms with Gasteiger partial charge in [-0.05, 0) is 25.2 Å². The van der Waals surface area contributed by atoms with Gasteiger partial charge in [-0.25, -0.2) is 4.68 Å². The van der Waals surface area contributed by atoms with E-state index < -0.39 is 0 Å². The van der Waals surface area contributed by atoms with Gasteiger partial charge in [-0.2, -0.15) is 5.10 Å². The lowest BCUT2D eigenvalue weighted by Gasteiger charge is -2.33. The predicted octanol–water partition coefficient (Wildman–Crippen LogP) is 2.49. The second kappa shape index (κ2) is 4.96. The van der Waals surface area contributed by atoms with E-state index in [2.05, 4.69) is 17.3 Å². The van der Waals surface area contributed by atoms with Gasteiger partial charge in [-0.3, -0.25) is 10.1 Å². The third-order valence-electron chi connectivity index (χ3n) is 3.48. The van der Waals surface area contributed by atoms with E-state index in [0.29, 0.717) is 29.9 Å². The predicted molar refractivity (Wildman–Crippen MR) is 69.7 cm³/mol. The third-order valence-corrected chi connectivity index (χ3v) is 3.48. The summed E-state index contributed by atoms with van der Waals surface area (Å²) in [6, 6.07) is 0.351. The minimum absolute atomic E-state index is 0.152. The summed E-state index contributed by atoms with van der Waals surface area (Å²) in [5.41, 5.74) is 0.735. The van der Waals surface area contributed by atoms with Gasteiger partial charge in [0.1, 0.15) is 5.69 Å². The molecule has 1 saturated carbocycles. The number of nitrogens with one attached hydrogen (secondary N) is 1. The van der Waals surface area contributed by atoms with Crippen LogP contribution in [-0.4, -0.2) is 20.7 Å². The van der Waals surface area contributed by atoms with Gasteiger partial charge in [0, 0.05) is 13.1 Å². The molecule has 1 aliphatic carbocycles. The zero-order chi connectivity index (χ0) is 13.3. The molecule has 0 bridgehead atoms. The van der Waals surface area contributed by atoms with E-state index >= 15 is 0 Å². The van der Waals surface area contributed by atoms with Crippen LogP contribution in [0.1, 0.15) is 38.8 Å². The quantitative estimate of drug-likeness (QED) is 0.645. The Morgan fingerprint density at radius 2 is 2.22 bits per heavy atom. The van der Waals surface area contributed by atoms with Gasteiger partial charge in [0.25, 0.3) is 0 Å². The van der Waals surface area contributed by atoms with Crippen LogP contribution < -0.4 is 5.32 Å². The van der Waals surface area contributed by atoms with Crippen molar-refractivity contribution in [2.24, 2.45) is 13.0 Å². The van der Waals surface area contributed by atoms with Crippen molar-refractivity contribution < 1.29 is 4.92 Å². The van der Waals surface area contributed by atoms with Crippen LogP contribution in [0.25, 0.3) is 0 Å². The maximum absolute atomic E-state index is 11.2. The molecule has 1 fully saturated rings. The molecule has 6 nitrogen and oxygen atoms in total. The van der Waals surface area contributed by atoms with Crippen molar-refractivity contribution in [1.29, 1.82) is 0 Å². The molecule has 1 N–H and O–H groups in total. The second-order valence-corrected chi connectivity index (χ2v) is 5.19. The molecule has 0 atom stereocenters. The molecule has 18 heavy (non-hydrogen) atoms. The van der Waals surface area contributed by atoms with Gasteiger partial charge < -0.3 is 5.32 Å². The van der Waals surface area contributed by atoms with E-state index in [1.807, 2.05) is 6.92 Å². The molecule has 1 aromatic heterocycles. The second-order valence-electron chi connectivity index (χ2n) is 5.19. The van der Waals surface area contributed by atoms with Crippen LogP contribution in [-0.2, 0) is 13.5 Å². The number of aryl methyl sites for hydroxylation is 2. The molecule has 0 amide bonds. The fraction of sp³-hybridized carbons (Fsp3) is 0.750. The molecule has 0 unspecified atom stereocenters. The van der Waals surface area contributed by atoms with Crippen LogP contribution >= 0.6 is 0 Å².